The molecule has 1 rings (SSSR count). The van der Waals surface area contributed by atoms with Gasteiger partial charge >= 0.3 is 6.18 Å². The molecule has 0 radical (unpaired) electrons. The highest BCUT2D eigenvalue weighted by Gasteiger charge is 2.35. The molecule has 6 nitrogen and oxygen atoms in total. The lowest BCUT2D eigenvalue weighted by molar-refractivity contribution is -0.138. The molecule has 1 amide bonds. The van der Waals surface area contributed by atoms with E-state index in [-0.39, 0.29) is 11.1 Å². The fourth-order valence-electron chi connectivity index (χ4n) is 1.15. The van der Waals surface area contributed by atoms with E-state index < -0.39 is 34.5 Å². The Kier molecular flexibility index (Phi) is 4.57. The smallest absolute Gasteiger partial charge is 0.316 e. The number of H-pyrrole nitrogens is 1. The Morgan fingerprint density at radius 3 is 2.68 bits per heavy atom. The third kappa shape index (κ3) is 3.73. The molecule has 0 saturated heterocycles. The summed E-state index contributed by atoms with van der Waals surface area (Å²) in [4.78, 5) is 23.9. The number of pyridine rings is 1. The van der Waals surface area contributed by atoms with Crippen molar-refractivity contribution in [3.8, 4) is 6.07 Å². The van der Waals surface area contributed by atoms with Gasteiger partial charge in [-0.25, -0.2) is 5.48 Å². The Bertz CT molecular complexity index is 591. The third-order valence-corrected chi connectivity index (χ3v) is 2.90. The van der Waals surface area contributed by atoms with Crippen LogP contribution < -0.4 is 11.0 Å². The van der Waals surface area contributed by atoms with E-state index in [0.717, 1.165) is 0 Å². The van der Waals surface area contributed by atoms with Gasteiger partial charge in [0.05, 0.1) is 21.9 Å². The number of carbonyl (C=O) groups excluding carboxylic acids is 1. The second kappa shape index (κ2) is 5.77. The molecule has 0 aliphatic rings. The fourth-order valence-corrected chi connectivity index (χ4v) is 1.96. The van der Waals surface area contributed by atoms with Crippen molar-refractivity contribution in [1.29, 1.82) is 5.26 Å². The number of nitrogens with one attached hydrogen (secondary N) is 2. The van der Waals surface area contributed by atoms with E-state index in [1.165, 1.54) is 11.5 Å². The molecule has 102 valence electrons. The first-order valence-electron chi connectivity index (χ1n) is 4.60. The summed E-state index contributed by atoms with van der Waals surface area (Å²) in [7, 11) is 0. The van der Waals surface area contributed by atoms with Crippen LogP contribution in [0.3, 0.4) is 0 Å². The standard InChI is InChI=1S/C9H6F3N3O3S/c10-9(11,12)5-1-6(16)14-8(4(5)2-13)19-3-7(17)15-18/h1,18H,3H2,(H,14,16)(H,15,17). The van der Waals surface area contributed by atoms with Crippen LogP contribution in [0, 0.1) is 11.3 Å². The number of aromatic nitrogens is 1. The summed E-state index contributed by atoms with van der Waals surface area (Å²) in [5.74, 6) is -1.34. The van der Waals surface area contributed by atoms with Crippen molar-refractivity contribution in [3.63, 3.8) is 0 Å². The molecule has 0 aliphatic carbocycles. The van der Waals surface area contributed by atoms with E-state index in [2.05, 4.69) is 0 Å². The highest BCUT2D eigenvalue weighted by molar-refractivity contribution is 7.99. The maximum absolute atomic E-state index is 12.6. The number of hydrogen-bond acceptors (Lipinski definition) is 5. The van der Waals surface area contributed by atoms with Crippen molar-refractivity contribution >= 4 is 17.7 Å². The lowest BCUT2D eigenvalue weighted by Gasteiger charge is -2.10. The number of alkyl halides is 3. The van der Waals surface area contributed by atoms with E-state index in [1.807, 2.05) is 4.98 Å². The summed E-state index contributed by atoms with van der Waals surface area (Å²) in [6, 6.07) is 1.61. The zero-order valence-electron chi connectivity index (χ0n) is 9.04. The molecule has 0 atom stereocenters. The average Bonchev–Trinajstić information content (AvgIpc) is 2.34. The number of thioether (sulfide) groups is 1. The minimum absolute atomic E-state index is 0.273. The zero-order chi connectivity index (χ0) is 14.6. The van der Waals surface area contributed by atoms with Crippen molar-refractivity contribution < 1.29 is 23.2 Å². The summed E-state index contributed by atoms with van der Waals surface area (Å²) in [5.41, 5.74) is -1.91. The molecule has 0 bridgehead atoms. The summed E-state index contributed by atoms with van der Waals surface area (Å²) >= 11 is 0.499. The number of nitriles is 1. The highest BCUT2D eigenvalue weighted by atomic mass is 32.2. The summed E-state index contributed by atoms with van der Waals surface area (Å²) in [5, 5.41) is 16.6. The van der Waals surface area contributed by atoms with E-state index >= 15 is 0 Å². The molecular weight excluding hydrogens is 287 g/mol. The van der Waals surface area contributed by atoms with Gasteiger partial charge in [0.15, 0.2) is 0 Å². The quantitative estimate of drug-likeness (QED) is 0.435. The van der Waals surface area contributed by atoms with E-state index in [4.69, 9.17) is 10.5 Å². The van der Waals surface area contributed by atoms with E-state index in [9.17, 15) is 22.8 Å². The van der Waals surface area contributed by atoms with Crippen molar-refractivity contribution in [3.05, 3.63) is 27.5 Å². The first kappa shape index (κ1) is 15.1. The number of amides is 1. The second-order valence-corrected chi connectivity index (χ2v) is 4.17. The van der Waals surface area contributed by atoms with Crippen LogP contribution in [0.1, 0.15) is 11.1 Å². The van der Waals surface area contributed by atoms with E-state index in [0.29, 0.717) is 11.8 Å². The number of hydrogen-bond donors (Lipinski definition) is 3. The van der Waals surface area contributed by atoms with Crippen LogP contribution in [0.2, 0.25) is 0 Å². The van der Waals surface area contributed by atoms with Gasteiger partial charge in [0, 0.05) is 6.07 Å². The molecule has 10 heteroatoms. The van der Waals surface area contributed by atoms with Crippen molar-refractivity contribution in [2.24, 2.45) is 0 Å². The number of hydroxylamine groups is 1. The number of halogens is 3. The molecule has 1 heterocycles. The third-order valence-electron chi connectivity index (χ3n) is 1.90. The van der Waals surface area contributed by atoms with Crippen LogP contribution >= 0.6 is 11.8 Å². The Balaban J connectivity index is 3.25. The lowest BCUT2D eigenvalue weighted by Crippen LogP contribution is -2.22. The second-order valence-electron chi connectivity index (χ2n) is 3.18. The van der Waals surface area contributed by atoms with Gasteiger partial charge in [0.25, 0.3) is 5.91 Å². The van der Waals surface area contributed by atoms with Crippen LogP contribution in [0.4, 0.5) is 13.2 Å². The molecule has 3 N–H and O–H groups in total. The predicted molar refractivity (Wildman–Crippen MR) is 57.4 cm³/mol. The van der Waals surface area contributed by atoms with Gasteiger partial charge in [-0.1, -0.05) is 11.8 Å². The molecule has 1 aromatic heterocycles. The topological polar surface area (TPSA) is 106 Å². The van der Waals surface area contributed by atoms with E-state index in [1.54, 1.807) is 0 Å². The molecule has 1 aromatic rings. The number of rotatable bonds is 3. The Labute approximate surface area is 108 Å². The van der Waals surface area contributed by atoms with Gasteiger partial charge in [0.1, 0.15) is 6.07 Å². The largest absolute Gasteiger partial charge is 0.417 e. The molecule has 0 aliphatic heterocycles. The highest BCUT2D eigenvalue weighted by Crippen LogP contribution is 2.33. The van der Waals surface area contributed by atoms with Gasteiger partial charge in [-0.2, -0.15) is 18.4 Å². The minimum atomic E-state index is -4.85. The van der Waals surface area contributed by atoms with Gasteiger partial charge < -0.3 is 4.98 Å². The normalized spacial score (nSPS) is 10.9. The summed E-state index contributed by atoms with van der Waals surface area (Å²) < 4.78 is 37.9. The Morgan fingerprint density at radius 2 is 2.21 bits per heavy atom. The molecular formula is C9H6F3N3O3S. The van der Waals surface area contributed by atoms with Gasteiger partial charge in [-0.05, 0) is 0 Å². The van der Waals surface area contributed by atoms with Gasteiger partial charge in [-0.15, -0.1) is 0 Å². The number of carbonyl (C=O) groups is 1. The number of aromatic amines is 1. The van der Waals surface area contributed by atoms with Gasteiger partial charge in [-0.3, -0.25) is 14.8 Å². The van der Waals surface area contributed by atoms with Gasteiger partial charge in [0.2, 0.25) is 5.56 Å². The predicted octanol–water partition coefficient (Wildman–Crippen LogP) is 0.863. The van der Waals surface area contributed by atoms with Crippen molar-refractivity contribution in [2.75, 3.05) is 5.75 Å². The molecule has 0 spiro atoms. The molecule has 0 aromatic carbocycles. The first-order chi connectivity index (χ1) is 8.79. The van der Waals surface area contributed by atoms with Crippen LogP contribution in [-0.2, 0) is 11.0 Å². The number of nitrogens with zero attached hydrogens (tertiary/aromatic N) is 1. The molecule has 19 heavy (non-hydrogen) atoms. The molecule has 0 unspecified atom stereocenters. The molecule has 0 fully saturated rings. The van der Waals surface area contributed by atoms with Crippen LogP contribution in [0.15, 0.2) is 15.9 Å². The van der Waals surface area contributed by atoms with Crippen molar-refractivity contribution in [1.82, 2.24) is 10.5 Å². The monoisotopic (exact) mass is 293 g/mol. The SMILES string of the molecule is N#Cc1c(C(F)(F)F)cc(=O)[nH]c1SCC(=O)NO. The summed E-state index contributed by atoms with van der Waals surface area (Å²) in [6.07, 6.45) is -4.85. The zero-order valence-corrected chi connectivity index (χ0v) is 9.85. The van der Waals surface area contributed by atoms with Crippen LogP contribution in [0.5, 0.6) is 0 Å². The summed E-state index contributed by atoms with van der Waals surface area (Å²) in [6.45, 7) is 0. The molecule has 0 saturated carbocycles. The fraction of sp³-hybridized carbons (Fsp3) is 0.222. The maximum atomic E-state index is 12.6. The average molecular weight is 293 g/mol. The lowest BCUT2D eigenvalue weighted by atomic mass is 10.1. The van der Waals surface area contributed by atoms with Crippen molar-refractivity contribution in [2.45, 2.75) is 11.2 Å². The minimum Gasteiger partial charge on any atom is -0.316 e. The van der Waals surface area contributed by atoms with Crippen LogP contribution in [0.25, 0.3) is 0 Å². The van der Waals surface area contributed by atoms with Crippen LogP contribution in [-0.4, -0.2) is 21.9 Å². The Hall–Kier alpha value is -1.99. The Morgan fingerprint density at radius 1 is 1.58 bits per heavy atom. The first-order valence-corrected chi connectivity index (χ1v) is 5.58. The maximum Gasteiger partial charge on any atom is 0.417 e.